The number of nitrogens with zero attached hydrogens (tertiary/aromatic N) is 1. The number of fused-ring (bicyclic) bond motifs is 1. The van der Waals surface area contributed by atoms with Gasteiger partial charge in [0.2, 0.25) is 94.5 Å². The number of phenolic OH excluding ortho intramolecular Hbond substituents is 1. The number of likely N-dealkylation sites (N-methyl/N-ethyl adjacent to an activating group) is 1. The minimum atomic E-state index is -2.08. The minimum absolute atomic E-state index is 0.00661. The van der Waals surface area contributed by atoms with E-state index in [2.05, 4.69) is 90.1 Å². The largest absolute Gasteiger partial charge is 0.508 e. The van der Waals surface area contributed by atoms with Gasteiger partial charge < -0.3 is 127 Å². The molecule has 0 radical (unpaired) electrons. The summed E-state index contributed by atoms with van der Waals surface area (Å²) in [6, 6.07) is 12.4. The van der Waals surface area contributed by atoms with Crippen LogP contribution in [0, 0.1) is 34.5 Å². The first-order valence-electron chi connectivity index (χ1n) is 46.7. The number of H-pyrrole nitrogens is 1. The summed E-state index contributed by atoms with van der Waals surface area (Å²) in [4.78, 5) is 254. The minimum Gasteiger partial charge on any atom is -0.508 e. The zero-order valence-electron chi connectivity index (χ0n) is 80.9. The third-order valence-corrected chi connectivity index (χ3v) is 24.3. The number of nitrogens with two attached hydrogens (primary N) is 3. The Kier molecular flexibility index (Phi) is 44.8. The number of aromatic amines is 1. The van der Waals surface area contributed by atoms with Crippen LogP contribution in [0.5, 0.6) is 5.75 Å². The Morgan fingerprint density at radius 3 is 1.36 bits per heavy atom. The average Bonchev–Trinajstić information content (AvgIpc) is 1.69. The van der Waals surface area contributed by atoms with Crippen LogP contribution < -0.4 is 102 Å². The second-order valence-electron chi connectivity index (χ2n) is 36.4. The number of aromatic nitrogens is 1. The first-order chi connectivity index (χ1) is 66.8. The third-order valence-electron chi connectivity index (χ3n) is 23.3. The molecule has 7 rings (SSSR count). The van der Waals surface area contributed by atoms with Gasteiger partial charge in [0, 0.05) is 68.7 Å². The topological polar surface area (TPSA) is 688 Å². The van der Waals surface area contributed by atoms with Crippen molar-refractivity contribution in [1.29, 1.82) is 10.8 Å². The van der Waals surface area contributed by atoms with Crippen molar-refractivity contribution >= 4 is 135 Å². The number of carbonyl (C=O) groups is 17. The molecule has 0 unspecified atom stereocenters. The fourth-order valence-electron chi connectivity index (χ4n) is 15.3. The van der Waals surface area contributed by atoms with Crippen molar-refractivity contribution < 1.29 is 96.8 Å². The van der Waals surface area contributed by atoms with Gasteiger partial charge in [-0.15, -0.1) is 11.8 Å². The summed E-state index contributed by atoms with van der Waals surface area (Å²) >= 11 is 0.707. The Bertz CT molecular complexity index is 5340. The van der Waals surface area contributed by atoms with Gasteiger partial charge in [-0.05, 0) is 128 Å². The summed E-state index contributed by atoms with van der Waals surface area (Å²) < 4.78 is 0. The molecule has 1 aliphatic rings. The van der Waals surface area contributed by atoms with E-state index in [9.17, 15) is 63.3 Å². The number of guanidine groups is 2. The van der Waals surface area contributed by atoms with Crippen LogP contribution in [0.1, 0.15) is 136 Å². The number of para-hydroxylation sites is 1. The first kappa shape index (κ1) is 113. The number of thioether (sulfide) groups is 1. The summed E-state index contributed by atoms with van der Waals surface area (Å²) in [6.07, 6.45) is -1.41. The number of carboxylic acid groups (broad SMARTS) is 1. The van der Waals surface area contributed by atoms with E-state index in [0.717, 1.165) is 16.0 Å². The molecular formula is C97H135N23O20S. The maximum Gasteiger partial charge on any atom is 0.305 e. The number of aliphatic carboxylic acids is 1. The van der Waals surface area contributed by atoms with Crippen LogP contribution in [0.25, 0.3) is 22.0 Å². The van der Waals surface area contributed by atoms with E-state index in [1.54, 1.807) is 127 Å². The van der Waals surface area contributed by atoms with E-state index in [0.29, 0.717) is 39.4 Å². The van der Waals surface area contributed by atoms with E-state index in [1.165, 1.54) is 59.0 Å². The van der Waals surface area contributed by atoms with Gasteiger partial charge in [-0.1, -0.05) is 171 Å². The van der Waals surface area contributed by atoms with Gasteiger partial charge >= 0.3 is 5.97 Å². The van der Waals surface area contributed by atoms with E-state index in [-0.39, 0.29) is 94.0 Å². The van der Waals surface area contributed by atoms with Crippen molar-refractivity contribution in [2.24, 2.45) is 40.9 Å². The van der Waals surface area contributed by atoms with Crippen molar-refractivity contribution in [3.63, 3.8) is 0 Å². The second kappa shape index (κ2) is 55.8. The number of hydrogen-bond acceptors (Lipinski definition) is 22. The number of carbonyl (C=O) groups excluding carboxylic acids is 16. The summed E-state index contributed by atoms with van der Waals surface area (Å²) in [6.45, 7) is 14.6. The number of nitrogens with one attached hydrogen (secondary N) is 19. The van der Waals surface area contributed by atoms with Gasteiger partial charge in [0.15, 0.2) is 11.9 Å². The molecule has 0 bridgehead atoms. The van der Waals surface area contributed by atoms with Crippen molar-refractivity contribution in [1.82, 2.24) is 95.0 Å². The van der Waals surface area contributed by atoms with Gasteiger partial charge in [-0.25, -0.2) is 0 Å². The lowest BCUT2D eigenvalue weighted by Crippen LogP contribution is -2.62. The molecule has 141 heavy (non-hydrogen) atoms. The Morgan fingerprint density at radius 1 is 0.454 bits per heavy atom. The highest BCUT2D eigenvalue weighted by Crippen LogP contribution is 2.25. The van der Waals surface area contributed by atoms with E-state index < -0.39 is 246 Å². The van der Waals surface area contributed by atoms with Crippen molar-refractivity contribution in [2.75, 3.05) is 38.2 Å². The van der Waals surface area contributed by atoms with E-state index in [1.807, 2.05) is 30.3 Å². The van der Waals surface area contributed by atoms with Crippen LogP contribution in [-0.2, 0) is 107 Å². The van der Waals surface area contributed by atoms with Gasteiger partial charge in [0.05, 0.1) is 18.8 Å². The molecule has 0 saturated carbocycles. The monoisotopic (exact) mass is 1970 g/mol. The number of amides is 16. The Labute approximate surface area is 821 Å². The highest BCUT2D eigenvalue weighted by molar-refractivity contribution is 8.00. The molecule has 2 heterocycles. The molecule has 16 amide bonds. The highest BCUT2D eigenvalue weighted by Gasteiger charge is 2.41. The maximum atomic E-state index is 15.5. The molecule has 1 aromatic heterocycles. The lowest BCUT2D eigenvalue weighted by Gasteiger charge is -2.32. The van der Waals surface area contributed by atoms with Crippen molar-refractivity contribution in [3.8, 4) is 16.9 Å². The maximum absolute atomic E-state index is 15.5. The number of aromatic hydroxyl groups is 1. The van der Waals surface area contributed by atoms with Crippen LogP contribution in [0.2, 0.25) is 0 Å². The predicted octanol–water partition coefficient (Wildman–Crippen LogP) is -0.905. The summed E-state index contributed by atoms with van der Waals surface area (Å²) in [5.41, 5.74) is 20.7. The predicted molar refractivity (Wildman–Crippen MR) is 527 cm³/mol. The molecule has 44 heteroatoms. The summed E-state index contributed by atoms with van der Waals surface area (Å²) in [5.74, 6) is -22.4. The van der Waals surface area contributed by atoms with Gasteiger partial charge in [-0.3, -0.25) is 92.3 Å². The van der Waals surface area contributed by atoms with E-state index >= 15 is 33.6 Å². The van der Waals surface area contributed by atoms with E-state index in [4.69, 9.17) is 28.0 Å². The molecule has 0 spiro atoms. The van der Waals surface area contributed by atoms with Gasteiger partial charge in [0.1, 0.15) is 96.4 Å². The molecule has 43 nitrogen and oxygen atoms in total. The summed E-state index contributed by atoms with van der Waals surface area (Å²) in [7, 11) is 1.27. The van der Waals surface area contributed by atoms with Crippen LogP contribution in [-0.4, -0.2) is 266 Å². The second-order valence-corrected chi connectivity index (χ2v) is 37.4. The number of hydrogen-bond donors (Lipinski definition) is 25. The van der Waals surface area contributed by atoms with Gasteiger partial charge in [0.25, 0.3) is 0 Å². The van der Waals surface area contributed by atoms with Gasteiger partial charge in [-0.2, -0.15) is 0 Å². The lowest BCUT2D eigenvalue weighted by molar-refractivity contribution is -0.143. The molecule has 1 fully saturated rings. The lowest BCUT2D eigenvalue weighted by atomic mass is 9.98. The molecule has 28 N–H and O–H groups in total. The molecule has 1 saturated heterocycles. The smallest absolute Gasteiger partial charge is 0.305 e. The number of rotatable bonds is 29. The van der Waals surface area contributed by atoms with Crippen LogP contribution in [0.3, 0.4) is 0 Å². The first-order valence-corrected chi connectivity index (χ1v) is 47.8. The SMILES string of the molecule is CC(C)C[C@@H]1NC(=O)[C@H](CCCNC(=N)N)NC(=O)[C@@H](CC(C)C)NC(=O)[C@H](C)N(C)C(=O)[C@H](CCCNC(=N)N)NC(=O)[C@H](Cc2ccc(-c3ccccc3)cc2)NC(=O)[C@H](C(C)C)NC(=O)[C@H](Cc2c[nH]c3ccccc23)NC(=O)[C@H](CC(=O)O)NC(=O)[C@H](Cc2ccc(O)cc2)NC(=O)[C@H](Cc2ccccc2)NC(=O)CSC[C@@H](C(=O)N[C@@H](C)C(N)=O)NC(=O)[C@H](CO)NC(=O)[C@H](C(C)C)NC1=O. The highest BCUT2D eigenvalue weighted by atomic mass is 32.2. The third kappa shape index (κ3) is 36.9. The molecule has 15 atom stereocenters. The number of phenols is 1. The summed E-state index contributed by atoms with van der Waals surface area (Å²) in [5, 5.41) is 89.9. The normalized spacial score (nSPS) is 22.8. The molecule has 5 aromatic carbocycles. The molecule has 764 valence electrons. The Balaban J connectivity index is 1.35. The molecular weight excluding hydrogens is 1840 g/mol. The van der Waals surface area contributed by atoms with Crippen molar-refractivity contribution in [3.05, 3.63) is 162 Å². The number of aliphatic hydroxyl groups is 1. The number of carboxylic acids is 1. The average molecular weight is 1980 g/mol. The molecule has 0 aliphatic carbocycles. The zero-order chi connectivity index (χ0) is 104. The van der Waals surface area contributed by atoms with Crippen LogP contribution >= 0.6 is 11.8 Å². The quantitative estimate of drug-likeness (QED) is 0.0154. The fourth-order valence-corrected chi connectivity index (χ4v) is 16.2. The van der Waals surface area contributed by atoms with Crippen LogP contribution in [0.4, 0.5) is 0 Å². The van der Waals surface area contributed by atoms with Crippen LogP contribution in [0.15, 0.2) is 140 Å². The Morgan fingerprint density at radius 2 is 0.851 bits per heavy atom. The number of primary amides is 1. The standard InChI is InChI=1S/C97H135N23O20S/c1-51(2)40-68-84(129)108-66(28-20-38-103-96(99)100)83(128)111-69(41-52(3)4)89(134)118-80(54(7)8)94(139)116-75(48-121)91(136)117-76(92(137)106-55(9)81(98)126)49-141-50-77(123)107-70(42-57-22-14-12-15-23-57)85(130)112-71(44-59-32-36-63(122)37-33-59)87(132)114-74(46-78(124)125)88(133)113-73(45-62-47-105-65-27-19-18-26-64(62)65)90(135)119-79(53(5)6)93(138)115-72(43-58-30-34-61(35-31-58)60-24-16-13-17-25-60)86(131)109-67(29-21-39-104-97(101)102)95(140)120(11)56(10)82(127)110-68/h12-19,22-27,30-37,47,51-56,66-76,79-80,105,121-122H,20-21,28-29,38-46,48-50H2,1-11H3,(H2,98,126)(H,106,137)(H,107,123)(H,108,129)(H,109,131)(H,110,127)(H,111,128)(H,112,130)(H,113,133)(H,114,132)(H,115,138)(H,116,139)(H,117,136)(H,118,134)(H,119,135)(H,124,125)(H4,99,100,103)(H4,101,102,104)/t55-,56-,66-,67-,68+,69-,70-,71-,72-,73-,74-,75-,76-,79-,80-/m0/s1. The zero-order valence-corrected chi connectivity index (χ0v) is 81.7. The number of benzene rings is 5. The molecule has 1 aliphatic heterocycles. The Hall–Kier alpha value is -14.7. The molecule has 6 aromatic rings. The fraction of sp³-hybridized carbons (Fsp3) is 0.474. The van der Waals surface area contributed by atoms with Crippen molar-refractivity contribution in [2.45, 2.75) is 230 Å². The number of aliphatic hydroxyl groups excluding tert-OH is 1.